The predicted molar refractivity (Wildman–Crippen MR) is 137 cm³/mol. The quantitative estimate of drug-likeness (QED) is 0.670. The minimum Gasteiger partial charge on any atom is -0.395 e. The van der Waals surface area contributed by atoms with Crippen LogP contribution < -0.4 is 5.32 Å². The van der Waals surface area contributed by atoms with Gasteiger partial charge in [0.2, 0.25) is 0 Å². The molecule has 0 atom stereocenters. The number of nitrogens with one attached hydrogen (secondary N) is 1. The van der Waals surface area contributed by atoms with Crippen molar-refractivity contribution in [1.29, 1.82) is 0 Å². The first-order valence-corrected chi connectivity index (χ1v) is 13.0. The van der Waals surface area contributed by atoms with E-state index in [1.807, 2.05) is 34.9 Å². The molecule has 3 aliphatic heterocycles. The van der Waals surface area contributed by atoms with Crippen molar-refractivity contribution in [2.75, 3.05) is 52.4 Å². The normalized spacial score (nSPS) is 19.4. The zero-order valence-corrected chi connectivity index (χ0v) is 21.0. The maximum absolute atomic E-state index is 13.2. The lowest BCUT2D eigenvalue weighted by atomic mass is 9.83. The minimum absolute atomic E-state index is 0.0515. The molecule has 3 amide bonds. The predicted octanol–water partition coefficient (Wildman–Crippen LogP) is 2.48. The van der Waals surface area contributed by atoms with Crippen LogP contribution in [-0.2, 0) is 23.5 Å². The van der Waals surface area contributed by atoms with Crippen LogP contribution in [0.15, 0.2) is 42.5 Å². The zero-order valence-electron chi connectivity index (χ0n) is 21.0. The Kier molecular flexibility index (Phi) is 7.27. The Balaban J connectivity index is 1.14. The van der Waals surface area contributed by atoms with Gasteiger partial charge in [0.1, 0.15) is 0 Å². The molecule has 0 radical (unpaired) electrons. The lowest BCUT2D eigenvalue weighted by molar-refractivity contribution is -0.0741. The van der Waals surface area contributed by atoms with Gasteiger partial charge in [-0.1, -0.05) is 30.3 Å². The second-order valence-corrected chi connectivity index (χ2v) is 10.1. The summed E-state index contributed by atoms with van der Waals surface area (Å²) in [5.74, 6) is 0.0515. The van der Waals surface area contributed by atoms with E-state index in [-0.39, 0.29) is 24.1 Å². The van der Waals surface area contributed by atoms with E-state index in [0.717, 1.165) is 37.1 Å². The van der Waals surface area contributed by atoms with Gasteiger partial charge in [0.25, 0.3) is 5.91 Å². The summed E-state index contributed by atoms with van der Waals surface area (Å²) < 4.78 is 6.24. The number of urea groups is 1. The highest BCUT2D eigenvalue weighted by atomic mass is 16.5. The van der Waals surface area contributed by atoms with E-state index in [4.69, 9.17) is 9.84 Å². The summed E-state index contributed by atoms with van der Waals surface area (Å²) >= 11 is 0. The zero-order chi connectivity index (χ0) is 25.1. The second kappa shape index (κ2) is 10.6. The summed E-state index contributed by atoms with van der Waals surface area (Å²) in [5, 5.41) is 12.1. The van der Waals surface area contributed by atoms with Crippen molar-refractivity contribution in [3.05, 3.63) is 70.3 Å². The molecule has 36 heavy (non-hydrogen) atoms. The third-order valence-electron chi connectivity index (χ3n) is 7.97. The van der Waals surface area contributed by atoms with Crippen molar-refractivity contribution in [2.45, 2.75) is 38.5 Å². The molecule has 0 saturated carbocycles. The summed E-state index contributed by atoms with van der Waals surface area (Å²) in [5.41, 5.74) is 4.98. The highest BCUT2D eigenvalue weighted by molar-refractivity contribution is 5.94. The Labute approximate surface area is 212 Å². The third kappa shape index (κ3) is 4.98. The molecule has 2 N–H and O–H groups in total. The van der Waals surface area contributed by atoms with E-state index < -0.39 is 0 Å². The molecule has 3 aliphatic rings. The number of fused-ring (bicyclic) bond motifs is 2. The first-order valence-electron chi connectivity index (χ1n) is 13.0. The van der Waals surface area contributed by atoms with E-state index in [2.05, 4.69) is 34.5 Å². The molecule has 8 nitrogen and oxygen atoms in total. The number of aliphatic hydroxyl groups excluding tert-OH is 1. The number of aliphatic hydroxyl groups is 1. The van der Waals surface area contributed by atoms with Gasteiger partial charge in [-0.05, 0) is 54.2 Å². The Hall–Kier alpha value is -2.94. The Bertz CT molecular complexity index is 1100. The molecule has 5 rings (SSSR count). The standard InChI is InChI=1S/C28H36N4O4/c1-21-18-22(6-7-23(21)19-29-27(35)32-14-12-30(13-15-32)16-17-33)26(34)31-10-8-28(9-11-31)25-5-3-2-4-24(25)20-36-28/h2-7,18,33H,8-17,19-20H2,1H3,(H,29,35). The number of hydrogen-bond donors (Lipinski definition) is 2. The van der Waals surface area contributed by atoms with Gasteiger partial charge in [-0.2, -0.15) is 0 Å². The summed E-state index contributed by atoms with van der Waals surface area (Å²) in [7, 11) is 0. The van der Waals surface area contributed by atoms with E-state index in [9.17, 15) is 9.59 Å². The highest BCUT2D eigenvalue weighted by Crippen LogP contribution is 2.44. The van der Waals surface area contributed by atoms with Gasteiger partial charge in [-0.25, -0.2) is 4.79 Å². The average molecular weight is 493 g/mol. The van der Waals surface area contributed by atoms with Crippen LogP contribution in [0.2, 0.25) is 0 Å². The molecule has 192 valence electrons. The molecule has 0 aromatic heterocycles. The molecule has 3 heterocycles. The molecule has 2 aromatic carbocycles. The molecule has 2 aromatic rings. The van der Waals surface area contributed by atoms with Crippen LogP contribution in [-0.4, -0.2) is 84.2 Å². The topological polar surface area (TPSA) is 85.4 Å². The number of carbonyl (C=O) groups is 2. The lowest BCUT2D eigenvalue weighted by Crippen LogP contribution is -2.52. The molecule has 8 heteroatoms. The summed E-state index contributed by atoms with van der Waals surface area (Å²) in [6, 6.07) is 14.1. The Morgan fingerprint density at radius 2 is 1.75 bits per heavy atom. The van der Waals surface area contributed by atoms with Crippen molar-refractivity contribution >= 4 is 11.9 Å². The number of nitrogens with zero attached hydrogens (tertiary/aromatic N) is 3. The van der Waals surface area contributed by atoms with Crippen LogP contribution >= 0.6 is 0 Å². The van der Waals surface area contributed by atoms with Crippen LogP contribution in [0.1, 0.15) is 45.5 Å². The first kappa shape index (κ1) is 24.7. The molecule has 0 bridgehead atoms. The molecule has 2 saturated heterocycles. The summed E-state index contributed by atoms with van der Waals surface area (Å²) in [6.07, 6.45) is 1.63. The van der Waals surface area contributed by atoms with E-state index >= 15 is 0 Å². The number of benzene rings is 2. The number of carbonyl (C=O) groups excluding carboxylic acids is 2. The summed E-state index contributed by atoms with van der Waals surface area (Å²) in [4.78, 5) is 31.7. The van der Waals surface area contributed by atoms with Crippen molar-refractivity contribution in [2.24, 2.45) is 0 Å². The first-order chi connectivity index (χ1) is 17.5. The minimum atomic E-state index is -0.253. The van der Waals surface area contributed by atoms with Crippen molar-refractivity contribution < 1.29 is 19.4 Å². The number of piperidine rings is 1. The van der Waals surface area contributed by atoms with E-state index in [1.54, 1.807) is 0 Å². The molecule has 0 aliphatic carbocycles. The van der Waals surface area contributed by atoms with Gasteiger partial charge in [0, 0.05) is 57.9 Å². The van der Waals surface area contributed by atoms with Crippen LogP contribution in [0.25, 0.3) is 0 Å². The lowest BCUT2D eigenvalue weighted by Gasteiger charge is -2.39. The van der Waals surface area contributed by atoms with Crippen LogP contribution in [0, 0.1) is 6.92 Å². The summed E-state index contributed by atoms with van der Waals surface area (Å²) in [6.45, 7) is 8.09. The van der Waals surface area contributed by atoms with Crippen molar-refractivity contribution in [3.63, 3.8) is 0 Å². The van der Waals surface area contributed by atoms with Gasteiger partial charge >= 0.3 is 6.03 Å². The molecule has 1 spiro atoms. The molecular weight excluding hydrogens is 456 g/mol. The van der Waals surface area contributed by atoms with Crippen molar-refractivity contribution in [3.8, 4) is 0 Å². The van der Waals surface area contributed by atoms with Gasteiger partial charge in [0.15, 0.2) is 0 Å². The number of rotatable bonds is 5. The Morgan fingerprint density at radius 3 is 2.47 bits per heavy atom. The highest BCUT2D eigenvalue weighted by Gasteiger charge is 2.43. The number of amides is 3. The fourth-order valence-corrected chi connectivity index (χ4v) is 5.68. The fourth-order valence-electron chi connectivity index (χ4n) is 5.68. The molecule has 0 unspecified atom stereocenters. The smallest absolute Gasteiger partial charge is 0.317 e. The van der Waals surface area contributed by atoms with Gasteiger partial charge in [0.05, 0.1) is 18.8 Å². The number of ether oxygens (including phenoxy) is 1. The van der Waals surface area contributed by atoms with Gasteiger partial charge in [-0.3, -0.25) is 9.69 Å². The number of hydrogen-bond acceptors (Lipinski definition) is 5. The number of β-amino-alcohol motifs (C(OH)–C–C–N with tert-alkyl or cyclic N) is 1. The SMILES string of the molecule is Cc1cc(C(=O)N2CCC3(CC2)OCc2ccccc23)ccc1CNC(=O)N1CCN(CCO)CC1. The maximum Gasteiger partial charge on any atom is 0.317 e. The largest absolute Gasteiger partial charge is 0.395 e. The number of piperazine rings is 1. The van der Waals surface area contributed by atoms with Gasteiger partial charge < -0.3 is 25.0 Å². The number of aryl methyl sites for hydroxylation is 1. The van der Waals surface area contributed by atoms with Crippen LogP contribution in [0.5, 0.6) is 0 Å². The van der Waals surface area contributed by atoms with E-state index in [0.29, 0.717) is 51.4 Å². The van der Waals surface area contributed by atoms with E-state index in [1.165, 1.54) is 11.1 Å². The third-order valence-corrected chi connectivity index (χ3v) is 7.97. The van der Waals surface area contributed by atoms with Crippen LogP contribution in [0.3, 0.4) is 0 Å². The van der Waals surface area contributed by atoms with Crippen molar-refractivity contribution in [1.82, 2.24) is 20.0 Å². The monoisotopic (exact) mass is 492 g/mol. The maximum atomic E-state index is 13.2. The molecule has 2 fully saturated rings. The second-order valence-electron chi connectivity index (χ2n) is 10.1. The average Bonchev–Trinajstić information content (AvgIpc) is 3.26. The van der Waals surface area contributed by atoms with Gasteiger partial charge in [-0.15, -0.1) is 0 Å². The fraction of sp³-hybridized carbons (Fsp3) is 0.500. The Morgan fingerprint density at radius 1 is 1.00 bits per heavy atom. The number of likely N-dealkylation sites (tertiary alicyclic amines) is 1. The van der Waals surface area contributed by atoms with Crippen LogP contribution in [0.4, 0.5) is 4.79 Å². The molecular formula is C28H36N4O4.